The van der Waals surface area contributed by atoms with Crippen molar-refractivity contribution in [2.24, 2.45) is 0 Å². The van der Waals surface area contributed by atoms with E-state index in [4.69, 9.17) is 0 Å². The van der Waals surface area contributed by atoms with Crippen LogP contribution < -0.4 is 0 Å². The minimum atomic E-state index is -0.296. The molecule has 1 saturated heterocycles. The molecule has 58 valence electrons. The molecular weight excluding hydrogens is 231 g/mol. The van der Waals surface area contributed by atoms with E-state index >= 15 is 0 Å². The Morgan fingerprint density at radius 2 is 1.70 bits per heavy atom. The van der Waals surface area contributed by atoms with Crippen molar-refractivity contribution in [2.45, 2.75) is 19.3 Å². The summed E-state index contributed by atoms with van der Waals surface area (Å²) in [5.74, 6) is 0. The van der Waals surface area contributed by atoms with Crippen molar-refractivity contribution in [3.8, 4) is 0 Å². The summed E-state index contributed by atoms with van der Waals surface area (Å²) in [5, 5.41) is 0. The van der Waals surface area contributed by atoms with Crippen molar-refractivity contribution in [1.82, 2.24) is 6.24 Å². The van der Waals surface area contributed by atoms with Gasteiger partial charge in [-0.25, -0.2) is 0 Å². The Labute approximate surface area is 74.5 Å². The Bertz CT molecular complexity index is 89.6. The predicted molar refractivity (Wildman–Crippen MR) is 44.9 cm³/mol. The van der Waals surface area contributed by atoms with Gasteiger partial charge in [0.05, 0.1) is 0 Å². The molecule has 0 bridgehead atoms. The van der Waals surface area contributed by atoms with Gasteiger partial charge in [0.25, 0.3) is 0 Å². The van der Waals surface area contributed by atoms with Crippen molar-refractivity contribution in [3.05, 3.63) is 0 Å². The molecule has 1 heterocycles. The third-order valence-corrected chi connectivity index (χ3v) is 4.92. The third-order valence-electron chi connectivity index (χ3n) is 1.70. The number of hydrogen-bond acceptors (Lipinski definition) is 2. The summed E-state index contributed by atoms with van der Waals surface area (Å²) in [6.07, 6.45) is 4.34. The first kappa shape index (κ1) is 8.81. The van der Waals surface area contributed by atoms with Crippen LogP contribution in [0.2, 0.25) is 0 Å². The third kappa shape index (κ3) is 3.21. The van der Waals surface area contributed by atoms with E-state index in [9.17, 15) is 0 Å². The second-order valence-corrected chi connectivity index (χ2v) is 7.97. The molecule has 3 heteroatoms. The zero-order valence-electron chi connectivity index (χ0n) is 6.93. The fourth-order valence-corrected chi connectivity index (χ4v) is 4.36. The second-order valence-electron chi connectivity index (χ2n) is 3.04. The van der Waals surface area contributed by atoms with Gasteiger partial charge in [0.2, 0.25) is 0 Å². The van der Waals surface area contributed by atoms with Gasteiger partial charge in [-0.3, -0.25) is 0 Å². The number of nitrogens with zero attached hydrogens (tertiary/aromatic N) is 2. The van der Waals surface area contributed by atoms with Gasteiger partial charge in [-0.2, -0.15) is 0 Å². The van der Waals surface area contributed by atoms with Gasteiger partial charge in [0, 0.05) is 0 Å². The van der Waals surface area contributed by atoms with E-state index in [0.29, 0.717) is 0 Å². The summed E-state index contributed by atoms with van der Waals surface area (Å²) in [4.78, 5) is 0. The van der Waals surface area contributed by atoms with E-state index in [0.717, 1.165) is 0 Å². The summed E-state index contributed by atoms with van der Waals surface area (Å²) in [7, 11) is 4.42. The summed E-state index contributed by atoms with van der Waals surface area (Å²) in [5.41, 5.74) is 0. The van der Waals surface area contributed by atoms with Crippen LogP contribution in [0.5, 0.6) is 0 Å². The van der Waals surface area contributed by atoms with Crippen molar-refractivity contribution >= 4 is 21.7 Å². The SMILES string of the molecule is C[N](C)[Sn][N]1CCCCC1. The van der Waals surface area contributed by atoms with E-state index < -0.39 is 0 Å². The van der Waals surface area contributed by atoms with Crippen molar-refractivity contribution in [3.63, 3.8) is 0 Å². The molecule has 10 heavy (non-hydrogen) atoms. The molecule has 0 aromatic rings. The first-order valence-corrected chi connectivity index (χ1v) is 6.53. The van der Waals surface area contributed by atoms with E-state index in [-0.39, 0.29) is 21.7 Å². The van der Waals surface area contributed by atoms with Crippen LogP contribution in [0.25, 0.3) is 0 Å². The molecule has 0 aliphatic carbocycles. The maximum atomic E-state index is 2.69. The quantitative estimate of drug-likeness (QED) is 0.658. The maximum absolute atomic E-state index is 2.69. The Hall–Kier alpha value is 0.719. The first-order chi connectivity index (χ1) is 4.79. The topological polar surface area (TPSA) is 6.48 Å². The van der Waals surface area contributed by atoms with Crippen LogP contribution in [0.15, 0.2) is 0 Å². The molecule has 0 aromatic carbocycles. The molecule has 0 spiro atoms. The van der Waals surface area contributed by atoms with E-state index in [1.54, 1.807) is 0 Å². The summed E-state index contributed by atoms with van der Waals surface area (Å²) in [6.45, 7) is 2.76. The molecule has 2 nitrogen and oxygen atoms in total. The van der Waals surface area contributed by atoms with E-state index in [2.05, 4.69) is 20.3 Å². The predicted octanol–water partition coefficient (Wildman–Crippen LogP) is 0.568. The Morgan fingerprint density at radius 3 is 2.20 bits per heavy atom. The molecule has 2 radical (unpaired) electrons. The molecule has 1 rings (SSSR count). The van der Waals surface area contributed by atoms with Gasteiger partial charge in [-0.1, -0.05) is 0 Å². The zero-order chi connectivity index (χ0) is 7.40. The first-order valence-electron chi connectivity index (χ1n) is 3.97. The molecule has 1 aliphatic heterocycles. The Kier molecular flexibility index (Phi) is 4.02. The molecule has 1 aliphatic rings. The molecule has 0 unspecified atom stereocenters. The Balaban J connectivity index is 2.13. The summed E-state index contributed by atoms with van der Waals surface area (Å²) < 4.78 is 5.10. The molecule has 1 fully saturated rings. The van der Waals surface area contributed by atoms with Crippen LogP contribution in [0.4, 0.5) is 0 Å². The van der Waals surface area contributed by atoms with Crippen LogP contribution in [0, 0.1) is 0 Å². The second kappa shape index (κ2) is 4.57. The number of hydrogen-bond donors (Lipinski definition) is 0. The van der Waals surface area contributed by atoms with Crippen LogP contribution >= 0.6 is 0 Å². The Morgan fingerprint density at radius 1 is 1.10 bits per heavy atom. The van der Waals surface area contributed by atoms with Gasteiger partial charge >= 0.3 is 74.4 Å². The molecule has 0 aromatic heterocycles. The normalized spacial score (nSPS) is 21.9. The van der Waals surface area contributed by atoms with Crippen LogP contribution in [0.1, 0.15) is 19.3 Å². The average molecular weight is 247 g/mol. The number of rotatable bonds is 2. The molecule has 0 N–H and O–H groups in total. The van der Waals surface area contributed by atoms with E-state index in [1.807, 2.05) is 0 Å². The molecular formula is C7H16N2Sn. The fraction of sp³-hybridized carbons (Fsp3) is 1.00. The van der Waals surface area contributed by atoms with Gasteiger partial charge in [0.15, 0.2) is 0 Å². The van der Waals surface area contributed by atoms with Gasteiger partial charge in [0.1, 0.15) is 0 Å². The van der Waals surface area contributed by atoms with Crippen molar-refractivity contribution < 1.29 is 0 Å². The van der Waals surface area contributed by atoms with Gasteiger partial charge in [-0.05, 0) is 0 Å². The number of piperidine rings is 1. The van der Waals surface area contributed by atoms with Crippen LogP contribution in [-0.2, 0) is 0 Å². The molecule has 0 saturated carbocycles. The van der Waals surface area contributed by atoms with Crippen molar-refractivity contribution in [1.29, 1.82) is 0 Å². The average Bonchev–Trinajstić information content (AvgIpc) is 1.88. The van der Waals surface area contributed by atoms with Crippen molar-refractivity contribution in [2.75, 3.05) is 27.2 Å². The van der Waals surface area contributed by atoms with E-state index in [1.165, 1.54) is 32.4 Å². The van der Waals surface area contributed by atoms with Crippen LogP contribution in [0.3, 0.4) is 0 Å². The van der Waals surface area contributed by atoms with Gasteiger partial charge in [-0.15, -0.1) is 0 Å². The fourth-order valence-electron chi connectivity index (χ4n) is 1.28. The minimum absolute atomic E-state index is 0.296. The van der Waals surface area contributed by atoms with Gasteiger partial charge < -0.3 is 0 Å². The molecule has 0 atom stereocenters. The standard InChI is InChI=1S/C5H10N.C2H6N.Sn/c1-2-4-6-5-3-1;1-3-2;/h1-5H2;1-2H3;/q2*-1;+2. The van der Waals surface area contributed by atoms with Crippen LogP contribution in [-0.4, -0.2) is 55.1 Å². The summed E-state index contributed by atoms with van der Waals surface area (Å²) in [6, 6.07) is 0. The monoisotopic (exact) mass is 248 g/mol. The summed E-state index contributed by atoms with van der Waals surface area (Å²) >= 11 is -0.296. The zero-order valence-corrected chi connectivity index (χ0v) is 9.78. The molecule has 0 amide bonds.